The Kier molecular flexibility index (Phi) is 2.49. The maximum atomic E-state index is 11.7. The Morgan fingerprint density at radius 1 is 1.44 bits per heavy atom. The van der Waals surface area contributed by atoms with Crippen molar-refractivity contribution in [2.24, 2.45) is 0 Å². The molecule has 0 saturated carbocycles. The molecule has 0 aliphatic rings. The average molecular weight is 241 g/mol. The highest BCUT2D eigenvalue weighted by Crippen LogP contribution is 2.10. The van der Waals surface area contributed by atoms with E-state index in [1.54, 1.807) is 0 Å². The maximum absolute atomic E-state index is 11.7. The number of sulfonamides is 1. The van der Waals surface area contributed by atoms with Gasteiger partial charge in [0.1, 0.15) is 12.0 Å². The van der Waals surface area contributed by atoms with Crippen LogP contribution in [-0.2, 0) is 10.0 Å². The van der Waals surface area contributed by atoms with Gasteiger partial charge >= 0.3 is 0 Å². The predicted octanol–water partition coefficient (Wildman–Crippen LogP) is 0.164. The molecule has 0 aliphatic heterocycles. The topological polar surface area (TPSA) is 105 Å². The molecule has 0 radical (unpaired) electrons. The minimum atomic E-state index is -3.91. The van der Waals surface area contributed by atoms with E-state index < -0.39 is 15.5 Å². The number of nitrogens with one attached hydrogen (secondary N) is 2. The standard InChI is InChI=1S/C8H7N3O4S/c12-7-1-2-9-4-8(7)16(13,14)11-6-3-10-15-5-6/h1-5,11H,(H,9,12). The van der Waals surface area contributed by atoms with Gasteiger partial charge in [0.2, 0.25) is 5.43 Å². The third kappa shape index (κ3) is 1.96. The van der Waals surface area contributed by atoms with Crippen molar-refractivity contribution in [3.05, 3.63) is 41.1 Å². The number of anilines is 1. The van der Waals surface area contributed by atoms with Crippen LogP contribution in [-0.4, -0.2) is 18.6 Å². The fraction of sp³-hybridized carbons (Fsp3) is 0. The minimum absolute atomic E-state index is 0.156. The zero-order chi connectivity index (χ0) is 11.6. The summed E-state index contributed by atoms with van der Waals surface area (Å²) in [6, 6.07) is 1.13. The summed E-state index contributed by atoms with van der Waals surface area (Å²) in [6.07, 6.45) is 4.77. The van der Waals surface area contributed by atoms with E-state index in [0.717, 1.165) is 18.5 Å². The summed E-state index contributed by atoms with van der Waals surface area (Å²) in [6.45, 7) is 0. The lowest BCUT2D eigenvalue weighted by atomic mass is 10.5. The number of hydrogen-bond donors (Lipinski definition) is 2. The molecule has 2 heterocycles. The first kappa shape index (κ1) is 10.4. The van der Waals surface area contributed by atoms with Gasteiger partial charge in [-0.25, -0.2) is 8.42 Å². The van der Waals surface area contributed by atoms with Crippen LogP contribution in [0.25, 0.3) is 0 Å². The molecule has 2 rings (SSSR count). The largest absolute Gasteiger partial charge is 0.366 e. The lowest BCUT2D eigenvalue weighted by molar-refractivity contribution is 0.420. The summed E-state index contributed by atoms with van der Waals surface area (Å²) >= 11 is 0. The lowest BCUT2D eigenvalue weighted by Gasteiger charge is -2.03. The van der Waals surface area contributed by atoms with E-state index >= 15 is 0 Å². The van der Waals surface area contributed by atoms with Crippen LogP contribution in [0.3, 0.4) is 0 Å². The Hall–Kier alpha value is -2.09. The van der Waals surface area contributed by atoms with Crippen molar-refractivity contribution >= 4 is 15.7 Å². The molecule has 0 aliphatic carbocycles. The summed E-state index contributed by atoms with van der Waals surface area (Å²) in [4.78, 5) is 13.5. The second kappa shape index (κ2) is 3.81. The number of hydrogen-bond acceptors (Lipinski definition) is 5. The minimum Gasteiger partial charge on any atom is -0.366 e. The van der Waals surface area contributed by atoms with Crippen LogP contribution in [0.2, 0.25) is 0 Å². The third-order valence-electron chi connectivity index (χ3n) is 1.76. The highest BCUT2D eigenvalue weighted by molar-refractivity contribution is 7.92. The zero-order valence-corrected chi connectivity index (χ0v) is 8.69. The summed E-state index contributed by atoms with van der Waals surface area (Å²) in [5.74, 6) is 0. The number of aromatic nitrogens is 2. The first-order valence-corrected chi connectivity index (χ1v) is 5.67. The summed E-state index contributed by atoms with van der Waals surface area (Å²) in [7, 11) is -3.91. The van der Waals surface area contributed by atoms with Crippen LogP contribution in [0, 0.1) is 0 Å². The van der Waals surface area contributed by atoms with Gasteiger partial charge in [-0.15, -0.1) is 0 Å². The summed E-state index contributed by atoms with van der Waals surface area (Å²) in [5.41, 5.74) is -0.439. The first-order valence-electron chi connectivity index (χ1n) is 4.19. The van der Waals surface area contributed by atoms with E-state index in [1.807, 2.05) is 0 Å². The normalized spacial score (nSPS) is 11.2. The van der Waals surface area contributed by atoms with Crippen molar-refractivity contribution in [2.75, 3.05) is 4.72 Å². The second-order valence-electron chi connectivity index (χ2n) is 2.89. The van der Waals surface area contributed by atoms with Crippen molar-refractivity contribution < 1.29 is 12.9 Å². The summed E-state index contributed by atoms with van der Waals surface area (Å²) in [5, 5.41) is 3.33. The Balaban J connectivity index is 2.41. The third-order valence-corrected chi connectivity index (χ3v) is 3.16. The molecule has 84 valence electrons. The molecular weight excluding hydrogens is 234 g/mol. The smallest absolute Gasteiger partial charge is 0.267 e. The van der Waals surface area contributed by atoms with Crippen LogP contribution in [0.4, 0.5) is 5.69 Å². The van der Waals surface area contributed by atoms with Crippen molar-refractivity contribution in [1.82, 2.24) is 10.1 Å². The van der Waals surface area contributed by atoms with Crippen LogP contribution in [0.15, 0.2) is 45.1 Å². The number of pyridine rings is 1. The van der Waals surface area contributed by atoms with E-state index in [-0.39, 0.29) is 10.6 Å². The van der Waals surface area contributed by atoms with Crippen molar-refractivity contribution in [3.8, 4) is 0 Å². The molecule has 7 nitrogen and oxygen atoms in total. The van der Waals surface area contributed by atoms with Gasteiger partial charge in [0.15, 0.2) is 4.90 Å². The van der Waals surface area contributed by atoms with E-state index in [2.05, 4.69) is 19.4 Å². The first-order chi connectivity index (χ1) is 7.59. The number of rotatable bonds is 3. The molecular formula is C8H7N3O4S. The Labute approximate surface area is 90.1 Å². The summed E-state index contributed by atoms with van der Waals surface area (Å²) < 4.78 is 30.1. The number of H-pyrrole nitrogens is 1. The Bertz CT molecular complexity index is 629. The molecule has 0 spiro atoms. The molecule has 2 N–H and O–H groups in total. The Morgan fingerprint density at radius 3 is 2.88 bits per heavy atom. The molecule has 2 aromatic heterocycles. The van der Waals surface area contributed by atoms with E-state index in [4.69, 9.17) is 0 Å². The SMILES string of the molecule is O=c1cc[nH]cc1S(=O)(=O)Nc1cnoc1. The lowest BCUT2D eigenvalue weighted by Crippen LogP contribution is -2.20. The van der Waals surface area contributed by atoms with Gasteiger partial charge in [0.25, 0.3) is 10.0 Å². The van der Waals surface area contributed by atoms with Crippen LogP contribution in [0.1, 0.15) is 0 Å². The van der Waals surface area contributed by atoms with E-state index in [9.17, 15) is 13.2 Å². The van der Waals surface area contributed by atoms with E-state index in [0.29, 0.717) is 0 Å². The molecule has 0 fully saturated rings. The Morgan fingerprint density at radius 2 is 2.25 bits per heavy atom. The van der Waals surface area contributed by atoms with Crippen LogP contribution < -0.4 is 10.2 Å². The van der Waals surface area contributed by atoms with Gasteiger partial charge < -0.3 is 9.51 Å². The fourth-order valence-corrected chi connectivity index (χ4v) is 2.15. The molecule has 0 amide bonds. The molecule has 0 saturated heterocycles. The molecule has 0 bridgehead atoms. The van der Waals surface area contributed by atoms with Crippen LogP contribution in [0.5, 0.6) is 0 Å². The number of aromatic amines is 1. The van der Waals surface area contributed by atoms with Gasteiger partial charge in [0.05, 0.1) is 6.20 Å². The predicted molar refractivity (Wildman–Crippen MR) is 54.4 cm³/mol. The van der Waals surface area contributed by atoms with Gasteiger partial charge in [-0.05, 0) is 0 Å². The monoisotopic (exact) mass is 241 g/mol. The molecule has 16 heavy (non-hydrogen) atoms. The fourth-order valence-electron chi connectivity index (χ4n) is 1.08. The van der Waals surface area contributed by atoms with E-state index in [1.165, 1.54) is 12.4 Å². The second-order valence-corrected chi connectivity index (χ2v) is 4.54. The number of nitrogens with zero attached hydrogens (tertiary/aromatic N) is 1. The van der Waals surface area contributed by atoms with Gasteiger partial charge in [-0.1, -0.05) is 5.16 Å². The van der Waals surface area contributed by atoms with Gasteiger partial charge in [0, 0.05) is 18.5 Å². The quantitative estimate of drug-likeness (QED) is 0.796. The van der Waals surface area contributed by atoms with Crippen molar-refractivity contribution in [3.63, 3.8) is 0 Å². The van der Waals surface area contributed by atoms with Crippen molar-refractivity contribution in [2.45, 2.75) is 4.90 Å². The molecule has 0 unspecified atom stereocenters. The maximum Gasteiger partial charge on any atom is 0.267 e. The zero-order valence-electron chi connectivity index (χ0n) is 7.88. The molecule has 0 aromatic carbocycles. The van der Waals surface area contributed by atoms with Crippen molar-refractivity contribution in [1.29, 1.82) is 0 Å². The highest BCUT2D eigenvalue weighted by atomic mass is 32.2. The molecule has 0 atom stereocenters. The van der Waals surface area contributed by atoms with Crippen LogP contribution >= 0.6 is 0 Å². The van der Waals surface area contributed by atoms with Gasteiger partial charge in [-0.2, -0.15) is 0 Å². The highest BCUT2D eigenvalue weighted by Gasteiger charge is 2.18. The molecule has 8 heteroatoms. The molecule has 2 aromatic rings. The average Bonchev–Trinajstić information content (AvgIpc) is 2.70. The van der Waals surface area contributed by atoms with Gasteiger partial charge in [-0.3, -0.25) is 9.52 Å².